The number of pyridine rings is 1. The van der Waals surface area contributed by atoms with Gasteiger partial charge in [-0.15, -0.1) is 0 Å². The Bertz CT molecular complexity index is 580. The van der Waals surface area contributed by atoms with Gasteiger partial charge in [0.2, 0.25) is 0 Å². The second kappa shape index (κ2) is 5.76. The van der Waals surface area contributed by atoms with Crippen LogP contribution in [0, 0.1) is 0 Å². The number of H-pyrrole nitrogens is 1. The molecule has 2 heterocycles. The second-order valence-electron chi connectivity index (χ2n) is 3.80. The summed E-state index contributed by atoms with van der Waals surface area (Å²) in [5, 5.41) is 11.5. The van der Waals surface area contributed by atoms with Crippen LogP contribution in [0.25, 0.3) is 0 Å². The van der Waals surface area contributed by atoms with E-state index in [-0.39, 0.29) is 11.4 Å². The number of carboxylic acid groups (broad SMARTS) is 1. The third-order valence-corrected chi connectivity index (χ3v) is 2.49. The number of carboxylic acids is 1. The van der Waals surface area contributed by atoms with E-state index in [1.165, 1.54) is 6.33 Å². The average Bonchev–Trinajstić information content (AvgIpc) is 2.89. The minimum absolute atomic E-state index is 0.112. The summed E-state index contributed by atoms with van der Waals surface area (Å²) >= 11 is 0. The van der Waals surface area contributed by atoms with E-state index in [1.54, 1.807) is 12.4 Å². The van der Waals surface area contributed by atoms with Crippen LogP contribution in [-0.2, 0) is 6.42 Å². The summed E-state index contributed by atoms with van der Waals surface area (Å²) in [5.41, 5.74) is 0.667. The highest BCUT2D eigenvalue weighted by molar-refractivity contribution is 6.02. The Morgan fingerprint density at radius 2 is 2.26 bits per heavy atom. The van der Waals surface area contributed by atoms with Gasteiger partial charge in [-0.2, -0.15) is 0 Å². The molecular formula is C12H12N4O3. The summed E-state index contributed by atoms with van der Waals surface area (Å²) in [6.07, 6.45) is 5.18. The Hall–Kier alpha value is -2.70. The maximum absolute atomic E-state index is 11.7. The van der Waals surface area contributed by atoms with Gasteiger partial charge in [-0.05, 0) is 18.1 Å². The van der Waals surface area contributed by atoms with Crippen LogP contribution in [0.15, 0.2) is 30.9 Å². The molecule has 0 aliphatic rings. The number of nitrogens with one attached hydrogen (secondary N) is 2. The van der Waals surface area contributed by atoms with E-state index in [1.807, 2.05) is 12.1 Å². The predicted octanol–water partition coefficient (Wildman–Crippen LogP) is 0.475. The van der Waals surface area contributed by atoms with Crippen molar-refractivity contribution in [3.63, 3.8) is 0 Å². The third-order valence-electron chi connectivity index (χ3n) is 2.49. The first kappa shape index (κ1) is 12.7. The van der Waals surface area contributed by atoms with Gasteiger partial charge in [0.05, 0.1) is 6.33 Å². The molecule has 0 bridgehead atoms. The molecule has 3 N–H and O–H groups in total. The lowest BCUT2D eigenvalue weighted by Crippen LogP contribution is -2.27. The molecule has 2 rings (SSSR count). The molecule has 7 heteroatoms. The number of aromatic nitrogens is 3. The van der Waals surface area contributed by atoms with Crippen molar-refractivity contribution < 1.29 is 14.7 Å². The van der Waals surface area contributed by atoms with Gasteiger partial charge in [-0.3, -0.25) is 9.78 Å². The molecule has 0 fully saturated rings. The van der Waals surface area contributed by atoms with E-state index < -0.39 is 11.9 Å². The molecule has 0 saturated carbocycles. The van der Waals surface area contributed by atoms with Gasteiger partial charge in [-0.25, -0.2) is 9.78 Å². The molecule has 0 saturated heterocycles. The van der Waals surface area contributed by atoms with Gasteiger partial charge in [0.1, 0.15) is 0 Å². The number of amides is 1. The summed E-state index contributed by atoms with van der Waals surface area (Å²) in [6.45, 7) is 0.385. The number of imidazole rings is 1. The Labute approximate surface area is 108 Å². The van der Waals surface area contributed by atoms with Crippen LogP contribution in [-0.4, -0.2) is 38.5 Å². The van der Waals surface area contributed by atoms with Crippen LogP contribution in [0.1, 0.15) is 26.5 Å². The molecule has 98 valence electrons. The highest BCUT2D eigenvalue weighted by Gasteiger charge is 2.18. The lowest BCUT2D eigenvalue weighted by Gasteiger charge is -2.03. The van der Waals surface area contributed by atoms with Crippen molar-refractivity contribution in [3.05, 3.63) is 47.8 Å². The molecule has 0 aliphatic heterocycles. The zero-order valence-electron chi connectivity index (χ0n) is 9.96. The maximum atomic E-state index is 11.7. The van der Waals surface area contributed by atoms with E-state index in [4.69, 9.17) is 5.11 Å². The van der Waals surface area contributed by atoms with Crippen LogP contribution in [0.4, 0.5) is 0 Å². The summed E-state index contributed by atoms with van der Waals surface area (Å²) in [5.74, 6) is -1.72. The molecule has 0 spiro atoms. The largest absolute Gasteiger partial charge is 0.477 e. The normalized spacial score (nSPS) is 10.1. The molecule has 0 aliphatic carbocycles. The smallest absolute Gasteiger partial charge is 0.354 e. The summed E-state index contributed by atoms with van der Waals surface area (Å²) in [4.78, 5) is 32.6. The number of carbonyl (C=O) groups excluding carboxylic acids is 1. The molecule has 2 aromatic rings. The Kier molecular flexibility index (Phi) is 3.87. The number of nitrogens with zero attached hydrogens (tertiary/aromatic N) is 2. The van der Waals surface area contributed by atoms with Gasteiger partial charge in [0.25, 0.3) is 5.91 Å². The number of aromatic amines is 1. The number of carbonyl (C=O) groups is 2. The summed E-state index contributed by atoms with van der Waals surface area (Å²) in [6, 6.07) is 3.71. The van der Waals surface area contributed by atoms with Crippen LogP contribution in [0.5, 0.6) is 0 Å². The fourth-order valence-corrected chi connectivity index (χ4v) is 1.58. The first-order valence-electron chi connectivity index (χ1n) is 5.62. The molecule has 1 amide bonds. The van der Waals surface area contributed by atoms with Gasteiger partial charge >= 0.3 is 5.97 Å². The Morgan fingerprint density at radius 1 is 1.42 bits per heavy atom. The fourth-order valence-electron chi connectivity index (χ4n) is 1.58. The van der Waals surface area contributed by atoms with E-state index in [9.17, 15) is 9.59 Å². The number of hydrogen-bond donors (Lipinski definition) is 3. The SMILES string of the molecule is O=C(NCCc1cccnc1)c1nc[nH]c1C(=O)O. The zero-order valence-corrected chi connectivity index (χ0v) is 9.96. The van der Waals surface area contributed by atoms with Crippen LogP contribution in [0.2, 0.25) is 0 Å². The fraction of sp³-hybridized carbons (Fsp3) is 0.167. The first-order valence-corrected chi connectivity index (χ1v) is 5.62. The van der Waals surface area contributed by atoms with Crippen molar-refractivity contribution in [1.82, 2.24) is 20.3 Å². The Morgan fingerprint density at radius 3 is 2.95 bits per heavy atom. The standard InChI is InChI=1S/C12H12N4O3/c17-11(9-10(12(18)19)16-7-15-9)14-5-3-8-2-1-4-13-6-8/h1-2,4,6-7H,3,5H2,(H,14,17)(H,15,16)(H,18,19). The van der Waals surface area contributed by atoms with Crippen molar-refractivity contribution in [2.24, 2.45) is 0 Å². The molecular weight excluding hydrogens is 248 g/mol. The van der Waals surface area contributed by atoms with E-state index >= 15 is 0 Å². The quantitative estimate of drug-likeness (QED) is 0.724. The molecule has 0 radical (unpaired) electrons. The minimum Gasteiger partial charge on any atom is -0.477 e. The molecule has 2 aromatic heterocycles. The molecule has 0 atom stereocenters. The zero-order chi connectivity index (χ0) is 13.7. The summed E-state index contributed by atoms with van der Waals surface area (Å²) in [7, 11) is 0. The van der Waals surface area contributed by atoms with Crippen molar-refractivity contribution in [2.75, 3.05) is 6.54 Å². The first-order chi connectivity index (χ1) is 9.18. The third kappa shape index (κ3) is 3.15. The van der Waals surface area contributed by atoms with Crippen molar-refractivity contribution in [2.45, 2.75) is 6.42 Å². The average molecular weight is 260 g/mol. The van der Waals surface area contributed by atoms with Gasteiger partial charge in [0.15, 0.2) is 11.4 Å². The minimum atomic E-state index is -1.21. The van der Waals surface area contributed by atoms with Gasteiger partial charge in [-0.1, -0.05) is 6.07 Å². The number of hydrogen-bond acceptors (Lipinski definition) is 4. The monoisotopic (exact) mass is 260 g/mol. The molecule has 0 aromatic carbocycles. The van der Waals surface area contributed by atoms with E-state index in [2.05, 4.69) is 20.3 Å². The van der Waals surface area contributed by atoms with Crippen molar-refractivity contribution in [1.29, 1.82) is 0 Å². The lowest BCUT2D eigenvalue weighted by atomic mass is 10.2. The Balaban J connectivity index is 1.91. The highest BCUT2D eigenvalue weighted by atomic mass is 16.4. The number of rotatable bonds is 5. The predicted molar refractivity (Wildman–Crippen MR) is 65.8 cm³/mol. The number of aromatic carboxylic acids is 1. The van der Waals surface area contributed by atoms with Crippen molar-refractivity contribution >= 4 is 11.9 Å². The second-order valence-corrected chi connectivity index (χ2v) is 3.80. The highest BCUT2D eigenvalue weighted by Crippen LogP contribution is 2.02. The van der Waals surface area contributed by atoms with Crippen LogP contribution in [0.3, 0.4) is 0 Å². The molecule has 19 heavy (non-hydrogen) atoms. The summed E-state index contributed by atoms with van der Waals surface area (Å²) < 4.78 is 0. The van der Waals surface area contributed by atoms with Crippen molar-refractivity contribution in [3.8, 4) is 0 Å². The van der Waals surface area contributed by atoms with Crippen LogP contribution < -0.4 is 5.32 Å². The van der Waals surface area contributed by atoms with E-state index in [0.29, 0.717) is 13.0 Å². The van der Waals surface area contributed by atoms with Gasteiger partial charge < -0.3 is 15.4 Å². The van der Waals surface area contributed by atoms with Gasteiger partial charge in [0, 0.05) is 18.9 Å². The lowest BCUT2D eigenvalue weighted by molar-refractivity contribution is 0.0685. The van der Waals surface area contributed by atoms with E-state index in [0.717, 1.165) is 5.56 Å². The topological polar surface area (TPSA) is 108 Å². The molecule has 7 nitrogen and oxygen atoms in total. The maximum Gasteiger partial charge on any atom is 0.354 e. The molecule has 0 unspecified atom stereocenters. The van der Waals surface area contributed by atoms with Crippen LogP contribution >= 0.6 is 0 Å².